The van der Waals surface area contributed by atoms with Crippen molar-refractivity contribution in [2.45, 2.75) is 18.7 Å². The molecule has 0 spiro atoms. The highest BCUT2D eigenvalue weighted by Crippen LogP contribution is 2.13. The van der Waals surface area contributed by atoms with Gasteiger partial charge in [0.05, 0.1) is 5.75 Å². The predicted molar refractivity (Wildman–Crippen MR) is 69.8 cm³/mol. The van der Waals surface area contributed by atoms with Crippen LogP contribution in [0.15, 0.2) is 0 Å². The van der Waals surface area contributed by atoms with Crippen LogP contribution in [0.5, 0.6) is 0 Å². The van der Waals surface area contributed by atoms with Crippen LogP contribution in [0, 0.1) is 0 Å². The van der Waals surface area contributed by atoms with E-state index in [0.29, 0.717) is 13.1 Å². The molecular weight excluding hydrogens is 308 g/mol. The van der Waals surface area contributed by atoms with E-state index < -0.39 is 25.1 Å². The maximum atomic E-state index is 11.6. The molecule has 0 aliphatic rings. The predicted octanol–water partition coefficient (Wildman–Crippen LogP) is -0.728. The van der Waals surface area contributed by atoms with Gasteiger partial charge in [0.15, 0.2) is 9.84 Å². The Bertz CT molecular complexity index is 411. The Morgan fingerprint density at radius 1 is 1.22 bits per heavy atom. The van der Waals surface area contributed by atoms with Crippen LogP contribution in [-0.4, -0.2) is 55.5 Å². The van der Waals surface area contributed by atoms with Gasteiger partial charge in [-0.15, -0.1) is 11.6 Å². The zero-order valence-electron chi connectivity index (χ0n) is 10.1. The third kappa shape index (κ3) is 11.1. The normalized spacial score (nSPS) is 12.8. The minimum absolute atomic E-state index is 0.0148. The first-order valence-corrected chi connectivity index (χ1v) is 8.39. The Kier molecular flexibility index (Phi) is 9.33. The zero-order chi connectivity index (χ0) is 15.0. The summed E-state index contributed by atoms with van der Waals surface area (Å²) in [6.07, 6.45) is 0. The number of sulfone groups is 1. The number of nitrogens with two attached hydrogens (primary N) is 1. The van der Waals surface area contributed by atoms with Gasteiger partial charge in [-0.3, -0.25) is 14.4 Å². The zero-order valence-corrected chi connectivity index (χ0v) is 12.5. The van der Waals surface area contributed by atoms with Crippen molar-refractivity contribution >= 4 is 31.8 Å². The molecule has 0 fully saturated rings. The molecule has 0 aliphatic heterocycles. The number of nitrogens with one attached hydrogen (secondary N) is 1. The second kappa shape index (κ2) is 8.25. The molecule has 5 N–H and O–H groups in total. The fraction of sp³-hybridized carbons (Fsp3) is 1.00. The van der Waals surface area contributed by atoms with Crippen molar-refractivity contribution in [1.82, 2.24) is 5.32 Å². The van der Waals surface area contributed by atoms with E-state index in [4.69, 9.17) is 34.9 Å². The molecule has 8 nitrogen and oxygen atoms in total. The maximum Gasteiger partial charge on any atom is 0.394 e. The van der Waals surface area contributed by atoms with E-state index in [1.807, 2.05) is 0 Å². The largest absolute Gasteiger partial charge is 0.394 e. The summed E-state index contributed by atoms with van der Waals surface area (Å²) in [5.74, 6) is 0.106. The second-order valence-electron chi connectivity index (χ2n) is 3.68. The lowest BCUT2D eigenvalue weighted by Crippen LogP contribution is -2.49. The van der Waals surface area contributed by atoms with Gasteiger partial charge in [-0.2, -0.15) is 8.42 Å². The van der Waals surface area contributed by atoms with Gasteiger partial charge in [0.1, 0.15) is 4.87 Å². The van der Waals surface area contributed by atoms with Gasteiger partial charge in [0.2, 0.25) is 0 Å². The summed E-state index contributed by atoms with van der Waals surface area (Å²) in [6.45, 7) is 4.13. The van der Waals surface area contributed by atoms with Crippen LogP contribution in [0.3, 0.4) is 0 Å². The molecule has 0 aromatic rings. The lowest BCUT2D eigenvalue weighted by Gasteiger charge is -2.25. The molecule has 0 aromatic heterocycles. The molecule has 112 valence electrons. The summed E-state index contributed by atoms with van der Waals surface area (Å²) in [7, 11) is -7.85. The van der Waals surface area contributed by atoms with Crippen LogP contribution in [-0.2, 0) is 20.2 Å². The van der Waals surface area contributed by atoms with Gasteiger partial charge < -0.3 is 5.73 Å². The molecular formula is C7H19ClN2O6S2. The average molecular weight is 327 g/mol. The Morgan fingerprint density at radius 2 is 1.61 bits per heavy atom. The fourth-order valence-corrected chi connectivity index (χ4v) is 2.48. The van der Waals surface area contributed by atoms with Gasteiger partial charge in [-0.05, 0) is 13.8 Å². The van der Waals surface area contributed by atoms with Crippen molar-refractivity contribution in [2.75, 3.05) is 24.7 Å². The first-order chi connectivity index (χ1) is 7.87. The number of alkyl halides is 1. The highest BCUT2D eigenvalue weighted by atomic mass is 35.5. The fourth-order valence-electron chi connectivity index (χ4n) is 0.840. The lowest BCUT2D eigenvalue weighted by molar-refractivity contribution is 0.381. The molecule has 0 aliphatic carbocycles. The molecule has 0 aromatic carbocycles. The first-order valence-electron chi connectivity index (χ1n) is 4.80. The third-order valence-electron chi connectivity index (χ3n) is 1.82. The van der Waals surface area contributed by atoms with Crippen LogP contribution >= 0.6 is 11.6 Å². The van der Waals surface area contributed by atoms with Crippen LogP contribution in [0.25, 0.3) is 0 Å². The second-order valence-corrected chi connectivity index (χ2v) is 7.61. The summed E-state index contributed by atoms with van der Waals surface area (Å²) in [5.41, 5.74) is 5.27. The number of rotatable bonds is 6. The van der Waals surface area contributed by atoms with Crippen molar-refractivity contribution < 1.29 is 25.9 Å². The van der Waals surface area contributed by atoms with Gasteiger partial charge in [0.25, 0.3) is 0 Å². The van der Waals surface area contributed by atoms with Crippen LogP contribution in [0.2, 0.25) is 0 Å². The monoisotopic (exact) mass is 326 g/mol. The van der Waals surface area contributed by atoms with Crippen molar-refractivity contribution in [3.63, 3.8) is 0 Å². The smallest absolute Gasteiger partial charge is 0.329 e. The molecule has 0 radical (unpaired) electrons. The summed E-state index contributed by atoms with van der Waals surface area (Å²) in [6, 6.07) is 0. The number of hydrogen-bond acceptors (Lipinski definition) is 6. The summed E-state index contributed by atoms with van der Waals surface area (Å²) in [5, 5.41) is 2.86. The van der Waals surface area contributed by atoms with E-state index in [1.165, 1.54) is 0 Å². The standard InChI is InChI=1S/C7H17ClN2O2S.H2O4S/c1-7(2,10-5-4-9)13(11,12)6-3-8;1-5(2,3)4/h10H,3-6,9H2,1-2H3;(H2,1,2,3,4). The van der Waals surface area contributed by atoms with Crippen LogP contribution in [0.4, 0.5) is 0 Å². The molecule has 0 saturated heterocycles. The van der Waals surface area contributed by atoms with Gasteiger partial charge in [-0.25, -0.2) is 8.42 Å². The first kappa shape index (κ1) is 20.3. The number of halogens is 1. The van der Waals surface area contributed by atoms with Crippen molar-refractivity contribution in [1.29, 1.82) is 0 Å². The maximum absolute atomic E-state index is 11.6. The highest BCUT2D eigenvalue weighted by Gasteiger charge is 2.32. The van der Waals surface area contributed by atoms with Gasteiger partial charge in [0, 0.05) is 19.0 Å². The minimum Gasteiger partial charge on any atom is -0.329 e. The molecule has 0 rings (SSSR count). The number of hydrogen-bond donors (Lipinski definition) is 4. The third-order valence-corrected chi connectivity index (χ3v) is 4.67. The molecule has 11 heteroatoms. The van der Waals surface area contributed by atoms with Gasteiger partial charge in [-0.1, -0.05) is 0 Å². The van der Waals surface area contributed by atoms with Crippen molar-refractivity contribution in [2.24, 2.45) is 5.73 Å². The van der Waals surface area contributed by atoms with Crippen molar-refractivity contribution in [3.05, 3.63) is 0 Å². The molecule has 18 heavy (non-hydrogen) atoms. The quantitative estimate of drug-likeness (QED) is 0.369. The van der Waals surface area contributed by atoms with Crippen LogP contribution < -0.4 is 11.1 Å². The van der Waals surface area contributed by atoms with Gasteiger partial charge >= 0.3 is 10.4 Å². The Balaban J connectivity index is 0. The van der Waals surface area contributed by atoms with E-state index in [1.54, 1.807) is 13.8 Å². The Labute approximate surface area is 112 Å². The molecule has 0 heterocycles. The van der Waals surface area contributed by atoms with E-state index >= 15 is 0 Å². The van der Waals surface area contributed by atoms with E-state index in [0.717, 1.165) is 0 Å². The Hall–Kier alpha value is 0.0300. The summed E-state index contributed by atoms with van der Waals surface area (Å²) in [4.78, 5) is -0.943. The molecule has 0 unspecified atom stereocenters. The molecule has 0 atom stereocenters. The average Bonchev–Trinajstić information content (AvgIpc) is 2.11. The van der Waals surface area contributed by atoms with Crippen LogP contribution in [0.1, 0.15) is 13.8 Å². The summed E-state index contributed by atoms with van der Waals surface area (Å²) < 4.78 is 54.7. The van der Waals surface area contributed by atoms with E-state index in [9.17, 15) is 8.42 Å². The molecule has 0 amide bonds. The molecule has 0 bridgehead atoms. The minimum atomic E-state index is -4.67. The summed E-state index contributed by atoms with van der Waals surface area (Å²) >= 11 is 5.39. The topological polar surface area (TPSA) is 147 Å². The Morgan fingerprint density at radius 3 is 1.89 bits per heavy atom. The highest BCUT2D eigenvalue weighted by molar-refractivity contribution is 7.92. The molecule has 0 saturated carbocycles. The van der Waals surface area contributed by atoms with E-state index in [-0.39, 0.29) is 11.6 Å². The SMILES string of the molecule is CC(C)(NCCN)S(=O)(=O)CCCl.O=S(=O)(O)O. The van der Waals surface area contributed by atoms with Crippen molar-refractivity contribution in [3.8, 4) is 0 Å². The lowest BCUT2D eigenvalue weighted by atomic mass is 10.4. The van der Waals surface area contributed by atoms with E-state index in [2.05, 4.69) is 5.32 Å².